The summed E-state index contributed by atoms with van der Waals surface area (Å²) in [4.78, 5) is 11.1. The third kappa shape index (κ3) is 20.1. The zero-order valence-corrected chi connectivity index (χ0v) is 18.8. The van der Waals surface area contributed by atoms with E-state index in [1.54, 1.807) is 11.8 Å². The average Bonchev–Trinajstić information content (AvgIpc) is 2.66. The van der Waals surface area contributed by atoms with E-state index in [9.17, 15) is 4.79 Å². The fourth-order valence-corrected chi connectivity index (χ4v) is 3.67. The SMILES string of the molecule is CCCCCCCCC=CCCCCCCCCN[C@@H](CCSC)C(=O)O. The van der Waals surface area contributed by atoms with Crippen molar-refractivity contribution >= 4 is 17.7 Å². The van der Waals surface area contributed by atoms with Crippen molar-refractivity contribution in [2.45, 2.75) is 109 Å². The number of unbranched alkanes of at least 4 members (excludes halogenated alkanes) is 12. The van der Waals surface area contributed by atoms with Gasteiger partial charge >= 0.3 is 5.97 Å². The average molecular weight is 400 g/mol. The number of thioether (sulfide) groups is 1. The molecule has 160 valence electrons. The molecule has 3 nitrogen and oxygen atoms in total. The van der Waals surface area contributed by atoms with Gasteiger partial charge in [-0.15, -0.1) is 0 Å². The van der Waals surface area contributed by atoms with E-state index in [4.69, 9.17) is 5.11 Å². The first-order valence-corrected chi connectivity index (χ1v) is 12.7. The van der Waals surface area contributed by atoms with E-state index in [1.165, 1.54) is 83.5 Å². The molecule has 0 aromatic heterocycles. The maximum atomic E-state index is 11.1. The van der Waals surface area contributed by atoms with E-state index in [-0.39, 0.29) is 6.04 Å². The smallest absolute Gasteiger partial charge is 0.320 e. The Hall–Kier alpha value is -0.480. The third-order valence-electron chi connectivity index (χ3n) is 4.99. The van der Waals surface area contributed by atoms with Crippen LogP contribution >= 0.6 is 11.8 Å². The fraction of sp³-hybridized carbons (Fsp3) is 0.870. The van der Waals surface area contributed by atoms with E-state index in [0.717, 1.165) is 18.7 Å². The zero-order chi connectivity index (χ0) is 20.0. The van der Waals surface area contributed by atoms with Crippen LogP contribution in [0.3, 0.4) is 0 Å². The predicted molar refractivity (Wildman–Crippen MR) is 122 cm³/mol. The summed E-state index contributed by atoms with van der Waals surface area (Å²) in [5, 5.41) is 12.3. The number of aliphatic carboxylic acids is 1. The number of carboxylic acids is 1. The van der Waals surface area contributed by atoms with Gasteiger partial charge in [0.1, 0.15) is 6.04 Å². The summed E-state index contributed by atoms with van der Waals surface area (Å²) in [6, 6.07) is -0.374. The van der Waals surface area contributed by atoms with Gasteiger partial charge < -0.3 is 10.4 Å². The quantitative estimate of drug-likeness (QED) is 0.164. The van der Waals surface area contributed by atoms with Gasteiger partial charge in [0.2, 0.25) is 0 Å². The predicted octanol–water partition coefficient (Wildman–Crippen LogP) is 6.82. The Kier molecular flexibility index (Phi) is 21.4. The molecule has 0 aliphatic heterocycles. The molecule has 0 aromatic carbocycles. The molecule has 0 saturated carbocycles. The van der Waals surface area contributed by atoms with Gasteiger partial charge in [0.05, 0.1) is 0 Å². The lowest BCUT2D eigenvalue weighted by Crippen LogP contribution is -2.37. The van der Waals surface area contributed by atoms with Gasteiger partial charge in [-0.3, -0.25) is 4.79 Å². The van der Waals surface area contributed by atoms with Crippen LogP contribution in [-0.4, -0.2) is 35.7 Å². The lowest BCUT2D eigenvalue weighted by Gasteiger charge is -2.13. The molecule has 27 heavy (non-hydrogen) atoms. The van der Waals surface area contributed by atoms with E-state index < -0.39 is 5.97 Å². The minimum Gasteiger partial charge on any atom is -0.480 e. The molecule has 0 amide bonds. The second-order valence-electron chi connectivity index (χ2n) is 7.56. The first kappa shape index (κ1) is 26.5. The largest absolute Gasteiger partial charge is 0.480 e. The lowest BCUT2D eigenvalue weighted by molar-refractivity contribution is -0.139. The number of rotatable bonds is 21. The molecule has 0 fully saturated rings. The second-order valence-corrected chi connectivity index (χ2v) is 8.55. The highest BCUT2D eigenvalue weighted by Crippen LogP contribution is 2.10. The van der Waals surface area contributed by atoms with Crippen LogP contribution in [-0.2, 0) is 4.79 Å². The minimum absolute atomic E-state index is 0.374. The Labute approximate surface area is 173 Å². The number of nitrogens with one attached hydrogen (secondary N) is 1. The molecule has 0 aromatic rings. The molecule has 0 aliphatic rings. The molecule has 0 spiro atoms. The molecule has 0 aliphatic carbocycles. The number of allylic oxidation sites excluding steroid dienone is 2. The first-order valence-electron chi connectivity index (χ1n) is 11.3. The maximum absolute atomic E-state index is 11.1. The summed E-state index contributed by atoms with van der Waals surface area (Å²) in [6.07, 6.45) is 25.8. The molecule has 0 unspecified atom stereocenters. The summed E-state index contributed by atoms with van der Waals surface area (Å²) >= 11 is 1.70. The summed E-state index contributed by atoms with van der Waals surface area (Å²) in [7, 11) is 0. The van der Waals surface area contributed by atoms with Crippen LogP contribution in [0.2, 0.25) is 0 Å². The van der Waals surface area contributed by atoms with Crippen molar-refractivity contribution in [3.05, 3.63) is 12.2 Å². The molecular formula is C23H45NO2S. The molecule has 0 radical (unpaired) electrons. The Morgan fingerprint density at radius 2 is 1.41 bits per heavy atom. The summed E-state index contributed by atoms with van der Waals surface area (Å²) < 4.78 is 0. The van der Waals surface area contributed by atoms with E-state index >= 15 is 0 Å². The normalized spacial score (nSPS) is 12.7. The number of hydrogen-bond donors (Lipinski definition) is 2. The topological polar surface area (TPSA) is 49.3 Å². The van der Waals surface area contributed by atoms with Gasteiger partial charge in [-0.1, -0.05) is 76.9 Å². The summed E-state index contributed by atoms with van der Waals surface area (Å²) in [5.41, 5.74) is 0. The number of carbonyl (C=O) groups is 1. The van der Waals surface area contributed by atoms with Crippen molar-refractivity contribution in [2.24, 2.45) is 0 Å². The van der Waals surface area contributed by atoms with Crippen molar-refractivity contribution in [1.29, 1.82) is 0 Å². The van der Waals surface area contributed by atoms with Gasteiger partial charge in [-0.25, -0.2) is 0 Å². The highest BCUT2D eigenvalue weighted by Gasteiger charge is 2.15. The van der Waals surface area contributed by atoms with Crippen molar-refractivity contribution in [2.75, 3.05) is 18.6 Å². The molecule has 0 rings (SSSR count). The fourth-order valence-electron chi connectivity index (χ4n) is 3.20. The van der Waals surface area contributed by atoms with Crippen LogP contribution in [0.15, 0.2) is 12.2 Å². The van der Waals surface area contributed by atoms with Crippen LogP contribution in [0.5, 0.6) is 0 Å². The first-order chi connectivity index (χ1) is 13.2. The van der Waals surface area contributed by atoms with Gasteiger partial charge in [-0.05, 0) is 57.1 Å². The zero-order valence-electron chi connectivity index (χ0n) is 18.0. The highest BCUT2D eigenvalue weighted by molar-refractivity contribution is 7.98. The van der Waals surface area contributed by atoms with Crippen LogP contribution < -0.4 is 5.32 Å². The minimum atomic E-state index is -0.714. The Morgan fingerprint density at radius 1 is 0.889 bits per heavy atom. The van der Waals surface area contributed by atoms with Gasteiger partial charge in [0.15, 0.2) is 0 Å². The maximum Gasteiger partial charge on any atom is 0.320 e. The van der Waals surface area contributed by atoms with Crippen LogP contribution in [0, 0.1) is 0 Å². The van der Waals surface area contributed by atoms with E-state index in [0.29, 0.717) is 6.42 Å². The van der Waals surface area contributed by atoms with Gasteiger partial charge in [0.25, 0.3) is 0 Å². The number of hydrogen-bond acceptors (Lipinski definition) is 3. The van der Waals surface area contributed by atoms with Crippen LogP contribution in [0.4, 0.5) is 0 Å². The second kappa shape index (κ2) is 21.8. The molecule has 0 saturated heterocycles. The molecular weight excluding hydrogens is 354 g/mol. The molecule has 2 N–H and O–H groups in total. The monoisotopic (exact) mass is 399 g/mol. The Morgan fingerprint density at radius 3 is 1.93 bits per heavy atom. The number of carboxylic acid groups (broad SMARTS) is 1. The Balaban J connectivity index is 3.30. The highest BCUT2D eigenvalue weighted by atomic mass is 32.2. The van der Waals surface area contributed by atoms with Crippen molar-refractivity contribution < 1.29 is 9.90 Å². The molecule has 4 heteroatoms. The Bertz CT molecular complexity index is 347. The van der Waals surface area contributed by atoms with E-state index in [2.05, 4.69) is 24.4 Å². The lowest BCUT2D eigenvalue weighted by atomic mass is 10.1. The van der Waals surface area contributed by atoms with Crippen molar-refractivity contribution in [3.63, 3.8) is 0 Å². The molecule has 0 heterocycles. The standard InChI is InChI=1S/C23H45NO2S/c1-3-4-5-6-7-8-9-10-11-12-13-14-15-16-17-18-20-24-22(23(25)26)19-21-27-2/h10-11,22,24H,3-9,12-21H2,1-2H3,(H,25,26)/t22-/m0/s1. The summed E-state index contributed by atoms with van der Waals surface area (Å²) in [6.45, 7) is 3.10. The van der Waals surface area contributed by atoms with Crippen LogP contribution in [0.25, 0.3) is 0 Å². The van der Waals surface area contributed by atoms with Gasteiger partial charge in [0, 0.05) is 0 Å². The van der Waals surface area contributed by atoms with Crippen molar-refractivity contribution in [1.82, 2.24) is 5.32 Å². The van der Waals surface area contributed by atoms with Gasteiger partial charge in [-0.2, -0.15) is 11.8 Å². The third-order valence-corrected chi connectivity index (χ3v) is 5.63. The molecule has 0 bridgehead atoms. The van der Waals surface area contributed by atoms with Crippen molar-refractivity contribution in [3.8, 4) is 0 Å². The molecule has 1 atom stereocenters. The van der Waals surface area contributed by atoms with Crippen LogP contribution in [0.1, 0.15) is 103 Å². The van der Waals surface area contributed by atoms with E-state index in [1.807, 2.05) is 6.26 Å². The summed E-state index contributed by atoms with van der Waals surface area (Å²) in [5.74, 6) is 0.186.